The molecule has 170 valence electrons. The van der Waals surface area contributed by atoms with Crippen LogP contribution in [0.25, 0.3) is 11.1 Å². The lowest BCUT2D eigenvalue weighted by Gasteiger charge is -2.31. The zero-order chi connectivity index (χ0) is 22.1. The highest BCUT2D eigenvalue weighted by Gasteiger charge is 2.27. The standard InChI is InChI=1S/C28H41ClN2/c1-4-6-8-10-22-12-15-24(16-13-22)21(3)28-30-19-25(20-31-28)26-17-14-23(18-27(26)29)11-9-7-5-2/h14,17-22,24H,4-13,15-16H2,1-3H3. The average Bonchev–Trinajstić information content (AvgIpc) is 2.80. The number of benzene rings is 1. The summed E-state index contributed by atoms with van der Waals surface area (Å²) in [5.74, 6) is 3.09. The van der Waals surface area contributed by atoms with E-state index < -0.39 is 0 Å². The maximum absolute atomic E-state index is 6.60. The first-order valence-corrected chi connectivity index (χ1v) is 13.1. The molecular formula is C28H41ClN2. The molecule has 1 heterocycles. The van der Waals surface area contributed by atoms with Gasteiger partial charge in [-0.25, -0.2) is 9.97 Å². The molecule has 3 rings (SSSR count). The molecule has 2 nitrogen and oxygen atoms in total. The van der Waals surface area contributed by atoms with Gasteiger partial charge >= 0.3 is 0 Å². The maximum atomic E-state index is 6.60. The third kappa shape index (κ3) is 7.04. The molecule has 1 aliphatic carbocycles. The Kier molecular flexibility index (Phi) is 9.84. The zero-order valence-electron chi connectivity index (χ0n) is 19.9. The summed E-state index contributed by atoms with van der Waals surface area (Å²) in [7, 11) is 0. The average molecular weight is 441 g/mol. The molecule has 1 fully saturated rings. The van der Waals surface area contributed by atoms with E-state index >= 15 is 0 Å². The van der Waals surface area contributed by atoms with Crippen molar-refractivity contribution < 1.29 is 0 Å². The summed E-state index contributed by atoms with van der Waals surface area (Å²) < 4.78 is 0. The van der Waals surface area contributed by atoms with Crippen molar-refractivity contribution in [3.8, 4) is 11.1 Å². The maximum Gasteiger partial charge on any atom is 0.131 e. The second kappa shape index (κ2) is 12.6. The second-order valence-electron chi connectivity index (χ2n) is 9.67. The van der Waals surface area contributed by atoms with Gasteiger partial charge in [0, 0.05) is 34.5 Å². The highest BCUT2D eigenvalue weighted by Crippen LogP contribution is 2.39. The van der Waals surface area contributed by atoms with Gasteiger partial charge in [-0.15, -0.1) is 0 Å². The fourth-order valence-electron chi connectivity index (χ4n) is 5.11. The Bertz CT molecular complexity index is 778. The number of aryl methyl sites for hydroxylation is 1. The quantitative estimate of drug-likeness (QED) is 0.325. The summed E-state index contributed by atoms with van der Waals surface area (Å²) in [6.45, 7) is 6.84. The van der Waals surface area contributed by atoms with Gasteiger partial charge < -0.3 is 0 Å². The molecule has 0 aliphatic heterocycles. The van der Waals surface area contributed by atoms with Crippen molar-refractivity contribution in [3.63, 3.8) is 0 Å². The normalized spacial score (nSPS) is 20.0. The molecule has 2 aromatic rings. The fraction of sp³-hybridized carbons (Fsp3) is 0.643. The van der Waals surface area contributed by atoms with Gasteiger partial charge in [-0.2, -0.15) is 0 Å². The number of hydrogen-bond acceptors (Lipinski definition) is 2. The number of aromatic nitrogens is 2. The molecule has 1 atom stereocenters. The lowest BCUT2D eigenvalue weighted by atomic mass is 9.74. The van der Waals surface area contributed by atoms with Crippen LogP contribution in [0.2, 0.25) is 5.02 Å². The molecule has 1 aromatic heterocycles. The summed E-state index contributed by atoms with van der Waals surface area (Å²) >= 11 is 6.60. The molecule has 31 heavy (non-hydrogen) atoms. The van der Waals surface area contributed by atoms with Gasteiger partial charge in [0.25, 0.3) is 0 Å². The number of unbranched alkanes of at least 4 members (excludes halogenated alkanes) is 4. The minimum atomic E-state index is 0.432. The summed E-state index contributed by atoms with van der Waals surface area (Å²) in [6, 6.07) is 6.44. The molecule has 1 aliphatic rings. The van der Waals surface area contributed by atoms with Gasteiger partial charge in [-0.05, 0) is 49.1 Å². The molecule has 3 heteroatoms. The van der Waals surface area contributed by atoms with Crippen molar-refractivity contribution in [2.24, 2.45) is 11.8 Å². The Morgan fingerprint density at radius 3 is 2.26 bits per heavy atom. The monoisotopic (exact) mass is 440 g/mol. The molecular weight excluding hydrogens is 400 g/mol. The lowest BCUT2D eigenvalue weighted by molar-refractivity contribution is 0.232. The number of rotatable bonds is 11. The van der Waals surface area contributed by atoms with Crippen LogP contribution in [0.5, 0.6) is 0 Å². The van der Waals surface area contributed by atoms with E-state index in [4.69, 9.17) is 21.6 Å². The number of hydrogen-bond donors (Lipinski definition) is 0. The van der Waals surface area contributed by atoms with Crippen LogP contribution in [0.3, 0.4) is 0 Å². The highest BCUT2D eigenvalue weighted by atomic mass is 35.5. The Morgan fingerprint density at radius 1 is 0.935 bits per heavy atom. The van der Waals surface area contributed by atoms with Crippen LogP contribution in [0.4, 0.5) is 0 Å². The molecule has 1 saturated carbocycles. The lowest BCUT2D eigenvalue weighted by Crippen LogP contribution is -2.20. The Hall–Kier alpha value is -1.41. The summed E-state index contributed by atoms with van der Waals surface area (Å²) in [4.78, 5) is 9.53. The molecule has 0 saturated heterocycles. The van der Waals surface area contributed by atoms with Gasteiger partial charge in [-0.3, -0.25) is 0 Å². The van der Waals surface area contributed by atoms with Crippen molar-refractivity contribution >= 4 is 11.6 Å². The SMILES string of the molecule is CCCCCc1ccc(-c2cnc(C(C)C3CCC(CCCCC)CC3)nc2)c(Cl)c1. The first kappa shape index (κ1) is 24.2. The van der Waals surface area contributed by atoms with Gasteiger partial charge in [0.1, 0.15) is 5.82 Å². The van der Waals surface area contributed by atoms with Crippen LogP contribution in [-0.4, -0.2) is 9.97 Å². The molecule has 0 amide bonds. The molecule has 0 bridgehead atoms. The first-order valence-electron chi connectivity index (χ1n) is 12.7. The van der Waals surface area contributed by atoms with E-state index in [1.807, 2.05) is 12.4 Å². The summed E-state index contributed by atoms with van der Waals surface area (Å²) in [6.07, 6.45) is 19.8. The minimum absolute atomic E-state index is 0.432. The zero-order valence-corrected chi connectivity index (χ0v) is 20.6. The predicted octanol–water partition coefficient (Wildman–Crippen LogP) is 9.02. The van der Waals surface area contributed by atoms with Crippen LogP contribution < -0.4 is 0 Å². The molecule has 0 spiro atoms. The van der Waals surface area contributed by atoms with Crippen molar-refractivity contribution in [2.75, 3.05) is 0 Å². The molecule has 0 radical (unpaired) electrons. The third-order valence-electron chi connectivity index (χ3n) is 7.31. The van der Waals surface area contributed by atoms with Gasteiger partial charge in [-0.1, -0.05) is 95.9 Å². The van der Waals surface area contributed by atoms with E-state index in [1.165, 1.54) is 76.2 Å². The minimum Gasteiger partial charge on any atom is -0.240 e. The van der Waals surface area contributed by atoms with Crippen molar-refractivity contribution in [1.82, 2.24) is 9.97 Å². The van der Waals surface area contributed by atoms with Gasteiger partial charge in [0.2, 0.25) is 0 Å². The topological polar surface area (TPSA) is 25.8 Å². The smallest absolute Gasteiger partial charge is 0.131 e. The van der Waals surface area contributed by atoms with E-state index in [1.54, 1.807) is 0 Å². The largest absolute Gasteiger partial charge is 0.240 e. The van der Waals surface area contributed by atoms with Crippen LogP contribution in [0.1, 0.15) is 109 Å². The van der Waals surface area contributed by atoms with Gasteiger partial charge in [0.15, 0.2) is 0 Å². The van der Waals surface area contributed by atoms with Crippen molar-refractivity contribution in [1.29, 1.82) is 0 Å². The van der Waals surface area contributed by atoms with Crippen LogP contribution in [-0.2, 0) is 6.42 Å². The van der Waals surface area contributed by atoms with E-state index in [0.29, 0.717) is 5.92 Å². The van der Waals surface area contributed by atoms with E-state index in [9.17, 15) is 0 Å². The molecule has 0 N–H and O–H groups in total. The third-order valence-corrected chi connectivity index (χ3v) is 7.62. The Labute approximate surface area is 195 Å². The Morgan fingerprint density at radius 2 is 1.61 bits per heavy atom. The molecule has 1 aromatic carbocycles. The summed E-state index contributed by atoms with van der Waals surface area (Å²) in [5, 5.41) is 0.805. The van der Waals surface area contributed by atoms with Crippen molar-refractivity contribution in [3.05, 3.63) is 47.0 Å². The van der Waals surface area contributed by atoms with Gasteiger partial charge in [0.05, 0.1) is 0 Å². The first-order chi connectivity index (χ1) is 15.1. The molecule has 1 unspecified atom stereocenters. The Balaban J connectivity index is 1.56. The number of nitrogens with zero attached hydrogens (tertiary/aromatic N) is 2. The van der Waals surface area contributed by atoms with Crippen LogP contribution >= 0.6 is 11.6 Å². The van der Waals surface area contributed by atoms with E-state index in [0.717, 1.165) is 40.2 Å². The predicted molar refractivity (Wildman–Crippen MR) is 134 cm³/mol. The van der Waals surface area contributed by atoms with Crippen LogP contribution in [0.15, 0.2) is 30.6 Å². The fourth-order valence-corrected chi connectivity index (χ4v) is 5.42. The highest BCUT2D eigenvalue weighted by molar-refractivity contribution is 6.33. The van der Waals surface area contributed by atoms with Crippen molar-refractivity contribution in [2.45, 2.75) is 104 Å². The summed E-state index contributed by atoms with van der Waals surface area (Å²) in [5.41, 5.74) is 3.37. The van der Waals surface area contributed by atoms with Crippen LogP contribution in [0, 0.1) is 11.8 Å². The van der Waals surface area contributed by atoms with E-state index in [-0.39, 0.29) is 0 Å². The number of halogens is 1. The van der Waals surface area contributed by atoms with E-state index in [2.05, 4.69) is 39.0 Å². The second-order valence-corrected chi connectivity index (χ2v) is 10.1.